The molecule has 3 heteroatoms. The Morgan fingerprint density at radius 3 is 2.60 bits per heavy atom. The zero-order valence-corrected chi connectivity index (χ0v) is 6.00. The maximum absolute atomic E-state index is 10.0. The molecule has 0 saturated carbocycles. The van der Waals surface area contributed by atoms with E-state index in [-0.39, 0.29) is 6.61 Å². The molecule has 0 aromatic rings. The highest BCUT2D eigenvalue weighted by Crippen LogP contribution is 2.01. The van der Waals surface area contributed by atoms with Crippen LogP contribution in [0.1, 0.15) is 19.8 Å². The predicted octanol–water partition coefficient (Wildman–Crippen LogP) is 0.790. The Kier molecular flexibility index (Phi) is 4.58. The molecule has 0 rings (SSSR count). The van der Waals surface area contributed by atoms with Crippen LogP contribution in [0.4, 0.5) is 0 Å². The van der Waals surface area contributed by atoms with Crippen molar-refractivity contribution < 1.29 is 15.0 Å². The number of aliphatic carboxylic acids is 1. The minimum absolute atomic E-state index is 0.116. The molecular formula is C7H12O3. The summed E-state index contributed by atoms with van der Waals surface area (Å²) in [5.41, 5.74) is 0.793. The molecule has 58 valence electrons. The van der Waals surface area contributed by atoms with E-state index in [9.17, 15) is 4.79 Å². The lowest BCUT2D eigenvalue weighted by Gasteiger charge is -1.95. The van der Waals surface area contributed by atoms with E-state index >= 15 is 0 Å². The van der Waals surface area contributed by atoms with Gasteiger partial charge in [0.05, 0.1) is 0 Å². The first-order chi connectivity index (χ1) is 4.66. The van der Waals surface area contributed by atoms with E-state index in [1.54, 1.807) is 6.92 Å². The van der Waals surface area contributed by atoms with Crippen molar-refractivity contribution in [2.75, 3.05) is 6.61 Å². The Labute approximate surface area is 60.0 Å². The second-order valence-corrected chi connectivity index (χ2v) is 2.16. The van der Waals surface area contributed by atoms with Crippen molar-refractivity contribution in [1.29, 1.82) is 0 Å². The summed E-state index contributed by atoms with van der Waals surface area (Å²) in [6.07, 6.45) is 2.45. The van der Waals surface area contributed by atoms with E-state index < -0.39 is 5.97 Å². The fourth-order valence-corrected chi connectivity index (χ4v) is 0.641. The summed E-state index contributed by atoms with van der Waals surface area (Å²) in [5.74, 6) is -0.921. The third kappa shape index (κ3) is 5.31. The van der Waals surface area contributed by atoms with Crippen molar-refractivity contribution in [2.24, 2.45) is 0 Å². The molecule has 0 aliphatic carbocycles. The van der Waals surface area contributed by atoms with Gasteiger partial charge in [0.15, 0.2) is 0 Å². The van der Waals surface area contributed by atoms with Crippen molar-refractivity contribution in [3.05, 3.63) is 11.6 Å². The van der Waals surface area contributed by atoms with Crippen molar-refractivity contribution in [3.8, 4) is 0 Å². The van der Waals surface area contributed by atoms with Crippen LogP contribution in [0.3, 0.4) is 0 Å². The van der Waals surface area contributed by atoms with Crippen LogP contribution >= 0.6 is 0 Å². The molecule has 0 spiro atoms. The van der Waals surface area contributed by atoms with Gasteiger partial charge in [-0.3, -0.25) is 0 Å². The van der Waals surface area contributed by atoms with E-state index in [0.717, 1.165) is 11.6 Å². The molecule has 3 nitrogen and oxygen atoms in total. The minimum atomic E-state index is -0.921. The average Bonchev–Trinajstić information content (AvgIpc) is 1.82. The quantitative estimate of drug-likeness (QED) is 0.573. The number of hydrogen-bond acceptors (Lipinski definition) is 2. The lowest BCUT2D eigenvalue weighted by Crippen LogP contribution is -1.91. The molecule has 10 heavy (non-hydrogen) atoms. The summed E-state index contributed by atoms with van der Waals surface area (Å²) in [5, 5.41) is 16.6. The van der Waals surface area contributed by atoms with E-state index in [1.807, 2.05) is 0 Å². The summed E-state index contributed by atoms with van der Waals surface area (Å²) >= 11 is 0. The highest BCUT2D eigenvalue weighted by atomic mass is 16.4. The first kappa shape index (κ1) is 9.17. The number of rotatable bonds is 4. The van der Waals surface area contributed by atoms with Gasteiger partial charge in [-0.15, -0.1) is 0 Å². The van der Waals surface area contributed by atoms with Gasteiger partial charge in [0.25, 0.3) is 0 Å². The smallest absolute Gasteiger partial charge is 0.328 e. The average molecular weight is 144 g/mol. The number of allylic oxidation sites excluding steroid dienone is 1. The van der Waals surface area contributed by atoms with Crippen LogP contribution in [0.15, 0.2) is 11.6 Å². The molecule has 0 radical (unpaired) electrons. The third-order valence-electron chi connectivity index (χ3n) is 1.10. The fourth-order valence-electron chi connectivity index (χ4n) is 0.641. The van der Waals surface area contributed by atoms with Gasteiger partial charge < -0.3 is 10.2 Å². The molecule has 0 heterocycles. The van der Waals surface area contributed by atoms with Crippen LogP contribution in [0, 0.1) is 0 Å². The molecule has 2 N–H and O–H groups in total. The number of carbonyl (C=O) groups is 1. The Morgan fingerprint density at radius 1 is 1.60 bits per heavy atom. The van der Waals surface area contributed by atoms with Crippen LogP contribution in [0.25, 0.3) is 0 Å². The summed E-state index contributed by atoms with van der Waals surface area (Å²) in [6, 6.07) is 0. The van der Waals surface area contributed by atoms with Gasteiger partial charge in [0.2, 0.25) is 0 Å². The number of carboxylic acids is 1. The zero-order valence-electron chi connectivity index (χ0n) is 6.00. The van der Waals surface area contributed by atoms with Crippen molar-refractivity contribution in [1.82, 2.24) is 0 Å². The van der Waals surface area contributed by atoms with E-state index in [4.69, 9.17) is 10.2 Å². The number of aliphatic hydroxyl groups excluding tert-OH is 1. The van der Waals surface area contributed by atoms with Gasteiger partial charge in [-0.25, -0.2) is 4.79 Å². The van der Waals surface area contributed by atoms with Crippen molar-refractivity contribution >= 4 is 5.97 Å². The number of carboxylic acid groups (broad SMARTS) is 1. The topological polar surface area (TPSA) is 57.5 Å². The number of aliphatic hydroxyl groups is 1. The molecule has 0 aromatic carbocycles. The van der Waals surface area contributed by atoms with Gasteiger partial charge in [0.1, 0.15) is 0 Å². The summed E-state index contributed by atoms with van der Waals surface area (Å²) in [4.78, 5) is 10.0. The Hall–Kier alpha value is -0.830. The van der Waals surface area contributed by atoms with Crippen molar-refractivity contribution in [2.45, 2.75) is 19.8 Å². The van der Waals surface area contributed by atoms with Crippen LogP contribution < -0.4 is 0 Å². The third-order valence-corrected chi connectivity index (χ3v) is 1.10. The zero-order chi connectivity index (χ0) is 7.98. The van der Waals surface area contributed by atoms with Gasteiger partial charge in [-0.2, -0.15) is 0 Å². The lowest BCUT2D eigenvalue weighted by atomic mass is 10.1. The van der Waals surface area contributed by atoms with E-state index in [1.165, 1.54) is 0 Å². The first-order valence-electron chi connectivity index (χ1n) is 3.17. The highest BCUT2D eigenvalue weighted by Gasteiger charge is 1.92. The molecule has 0 aliphatic rings. The molecular weight excluding hydrogens is 132 g/mol. The first-order valence-corrected chi connectivity index (χ1v) is 3.17. The molecule has 0 fully saturated rings. The normalized spacial score (nSPS) is 11.6. The lowest BCUT2D eigenvalue weighted by molar-refractivity contribution is -0.131. The van der Waals surface area contributed by atoms with Crippen LogP contribution in [0.5, 0.6) is 0 Å². The summed E-state index contributed by atoms with van der Waals surface area (Å²) in [6.45, 7) is 1.86. The molecule has 0 bridgehead atoms. The summed E-state index contributed by atoms with van der Waals surface area (Å²) < 4.78 is 0. The second-order valence-electron chi connectivity index (χ2n) is 2.16. The van der Waals surface area contributed by atoms with E-state index in [2.05, 4.69) is 0 Å². The minimum Gasteiger partial charge on any atom is -0.478 e. The predicted molar refractivity (Wildman–Crippen MR) is 37.7 cm³/mol. The molecule has 0 aliphatic heterocycles. The van der Waals surface area contributed by atoms with Gasteiger partial charge in [-0.1, -0.05) is 5.57 Å². The fraction of sp³-hybridized carbons (Fsp3) is 0.571. The molecule has 0 aromatic heterocycles. The molecule has 0 atom stereocenters. The van der Waals surface area contributed by atoms with Gasteiger partial charge in [0, 0.05) is 12.7 Å². The SMILES string of the molecule is C/C(=C\C(=O)O)CCCO. The van der Waals surface area contributed by atoms with Crippen molar-refractivity contribution in [3.63, 3.8) is 0 Å². The maximum atomic E-state index is 10.0. The summed E-state index contributed by atoms with van der Waals surface area (Å²) in [7, 11) is 0. The second kappa shape index (κ2) is 4.99. The Morgan fingerprint density at radius 2 is 2.20 bits per heavy atom. The largest absolute Gasteiger partial charge is 0.478 e. The Balaban J connectivity index is 3.60. The standard InChI is InChI=1S/C7H12O3/c1-6(3-2-4-8)5-7(9)10/h5,8H,2-4H2,1H3,(H,9,10)/b6-5+. The van der Waals surface area contributed by atoms with E-state index in [0.29, 0.717) is 12.8 Å². The molecule has 0 amide bonds. The van der Waals surface area contributed by atoms with Gasteiger partial charge in [-0.05, 0) is 19.8 Å². The Bertz CT molecular complexity index is 138. The monoisotopic (exact) mass is 144 g/mol. The maximum Gasteiger partial charge on any atom is 0.328 e. The van der Waals surface area contributed by atoms with Gasteiger partial charge >= 0.3 is 5.97 Å². The number of hydrogen-bond donors (Lipinski definition) is 2. The molecule has 0 saturated heterocycles. The highest BCUT2D eigenvalue weighted by molar-refractivity contribution is 5.80. The van der Waals surface area contributed by atoms with Crippen LogP contribution in [-0.2, 0) is 4.79 Å². The molecule has 0 unspecified atom stereocenters. The van der Waals surface area contributed by atoms with Crippen LogP contribution in [-0.4, -0.2) is 22.8 Å². The van der Waals surface area contributed by atoms with Crippen LogP contribution in [0.2, 0.25) is 0 Å².